The van der Waals surface area contributed by atoms with Gasteiger partial charge >= 0.3 is 11.9 Å². The summed E-state index contributed by atoms with van der Waals surface area (Å²) in [4.78, 5) is 24.9. The molecule has 15 heavy (non-hydrogen) atoms. The number of carbonyl (C=O) groups is 2. The quantitative estimate of drug-likeness (QED) is 0.766. The number of aromatic nitrogens is 1. The van der Waals surface area contributed by atoms with E-state index in [-0.39, 0.29) is 5.89 Å². The van der Waals surface area contributed by atoms with Crippen LogP contribution in [-0.2, 0) is 6.42 Å². The second-order valence-corrected chi connectivity index (χ2v) is 3.00. The lowest BCUT2D eigenvalue weighted by Gasteiger charge is -1.90. The van der Waals surface area contributed by atoms with E-state index in [0.29, 0.717) is 6.42 Å². The zero-order valence-corrected chi connectivity index (χ0v) is 8.19. The van der Waals surface area contributed by atoms with Crippen molar-refractivity contribution in [3.63, 3.8) is 0 Å². The van der Waals surface area contributed by atoms with Gasteiger partial charge in [0.05, 0.1) is 0 Å². The Balaban J connectivity index is 2.98. The molecule has 0 amide bonds. The number of aryl methyl sites for hydroxylation is 1. The van der Waals surface area contributed by atoms with Crippen molar-refractivity contribution in [1.29, 1.82) is 0 Å². The largest absolute Gasteiger partial charge is 0.476 e. The molecular formula is C9H11NO5. The summed E-state index contributed by atoms with van der Waals surface area (Å²) in [6.07, 6.45) is 2.12. The minimum atomic E-state index is -1.41. The Kier molecular flexibility index (Phi) is 3.43. The normalized spacial score (nSPS) is 10.2. The van der Waals surface area contributed by atoms with Crippen LogP contribution in [0, 0.1) is 0 Å². The van der Waals surface area contributed by atoms with E-state index in [1.54, 1.807) is 0 Å². The average Bonchev–Trinajstić information content (AvgIpc) is 2.58. The van der Waals surface area contributed by atoms with E-state index in [2.05, 4.69) is 4.98 Å². The maximum absolute atomic E-state index is 10.6. The van der Waals surface area contributed by atoms with Crippen molar-refractivity contribution in [2.24, 2.45) is 0 Å². The Bertz CT molecular complexity index is 350. The fourth-order valence-electron chi connectivity index (χ4n) is 1.09. The van der Waals surface area contributed by atoms with Crippen LogP contribution in [0.3, 0.4) is 0 Å². The minimum Gasteiger partial charge on any atom is -0.476 e. The highest BCUT2D eigenvalue weighted by Gasteiger charge is 2.24. The van der Waals surface area contributed by atoms with Crippen LogP contribution in [0.4, 0.5) is 0 Å². The van der Waals surface area contributed by atoms with Crippen LogP contribution in [0.1, 0.15) is 46.7 Å². The molecule has 1 rings (SSSR count). The SMILES string of the molecule is CCCCc1nc(C(=O)O)c(C(=O)O)o1. The second-order valence-electron chi connectivity index (χ2n) is 3.00. The molecule has 0 saturated carbocycles. The molecule has 6 nitrogen and oxygen atoms in total. The van der Waals surface area contributed by atoms with E-state index in [1.165, 1.54) is 0 Å². The van der Waals surface area contributed by atoms with Crippen molar-refractivity contribution >= 4 is 11.9 Å². The average molecular weight is 213 g/mol. The highest BCUT2D eigenvalue weighted by atomic mass is 16.4. The number of hydrogen-bond acceptors (Lipinski definition) is 4. The lowest BCUT2D eigenvalue weighted by atomic mass is 10.2. The van der Waals surface area contributed by atoms with Crippen molar-refractivity contribution in [2.45, 2.75) is 26.2 Å². The Labute approximate surface area is 85.5 Å². The molecule has 0 atom stereocenters. The summed E-state index contributed by atoms with van der Waals surface area (Å²) in [5.74, 6) is -3.25. The first-order valence-corrected chi connectivity index (χ1v) is 4.52. The summed E-state index contributed by atoms with van der Waals surface area (Å²) < 4.78 is 4.85. The number of rotatable bonds is 5. The molecule has 0 fully saturated rings. The number of oxazole rings is 1. The molecule has 0 aliphatic carbocycles. The summed E-state index contributed by atoms with van der Waals surface area (Å²) in [6, 6.07) is 0. The summed E-state index contributed by atoms with van der Waals surface area (Å²) in [7, 11) is 0. The summed E-state index contributed by atoms with van der Waals surface area (Å²) >= 11 is 0. The lowest BCUT2D eigenvalue weighted by molar-refractivity contribution is 0.0623. The molecule has 0 aliphatic heterocycles. The molecule has 2 N–H and O–H groups in total. The zero-order chi connectivity index (χ0) is 11.4. The lowest BCUT2D eigenvalue weighted by Crippen LogP contribution is -2.05. The number of carboxylic acids is 2. The first-order chi connectivity index (χ1) is 7.06. The van der Waals surface area contributed by atoms with E-state index in [0.717, 1.165) is 12.8 Å². The third kappa shape index (κ3) is 2.55. The fraction of sp³-hybridized carbons (Fsp3) is 0.444. The van der Waals surface area contributed by atoms with Crippen LogP contribution in [0.15, 0.2) is 4.42 Å². The third-order valence-corrected chi connectivity index (χ3v) is 1.81. The summed E-state index contributed by atoms with van der Waals surface area (Å²) in [5, 5.41) is 17.3. The molecule has 0 bridgehead atoms. The van der Waals surface area contributed by atoms with E-state index in [9.17, 15) is 9.59 Å². The molecule has 1 heterocycles. The van der Waals surface area contributed by atoms with Crippen molar-refractivity contribution in [1.82, 2.24) is 4.98 Å². The molecule has 82 valence electrons. The standard InChI is InChI=1S/C9H11NO5/c1-2-3-4-5-10-6(8(11)12)7(15-5)9(13)14/h2-4H2,1H3,(H,11,12)(H,13,14). The van der Waals surface area contributed by atoms with E-state index >= 15 is 0 Å². The molecule has 1 aromatic rings. The van der Waals surface area contributed by atoms with Gasteiger partial charge in [0.2, 0.25) is 11.5 Å². The monoisotopic (exact) mass is 213 g/mol. The van der Waals surface area contributed by atoms with Gasteiger partial charge in [-0.15, -0.1) is 0 Å². The zero-order valence-electron chi connectivity index (χ0n) is 8.19. The van der Waals surface area contributed by atoms with Gasteiger partial charge < -0.3 is 14.6 Å². The Morgan fingerprint density at radius 3 is 2.40 bits per heavy atom. The Hall–Kier alpha value is -1.85. The van der Waals surface area contributed by atoms with Crippen LogP contribution in [0.5, 0.6) is 0 Å². The van der Waals surface area contributed by atoms with Crippen molar-refractivity contribution in [2.75, 3.05) is 0 Å². The predicted octanol–water partition coefficient (Wildman–Crippen LogP) is 1.41. The van der Waals surface area contributed by atoms with Gasteiger partial charge in [0.1, 0.15) is 0 Å². The predicted molar refractivity (Wildman–Crippen MR) is 49.0 cm³/mol. The first-order valence-electron chi connectivity index (χ1n) is 4.52. The van der Waals surface area contributed by atoms with Crippen LogP contribution >= 0.6 is 0 Å². The van der Waals surface area contributed by atoms with Crippen molar-refractivity contribution in [3.05, 3.63) is 17.3 Å². The molecule has 0 aromatic carbocycles. The van der Waals surface area contributed by atoms with Gasteiger partial charge in [-0.05, 0) is 6.42 Å². The molecule has 0 spiro atoms. The number of unbranched alkanes of at least 4 members (excludes halogenated alkanes) is 1. The maximum atomic E-state index is 10.6. The number of aromatic carboxylic acids is 2. The Morgan fingerprint density at radius 2 is 2.00 bits per heavy atom. The van der Waals surface area contributed by atoms with Crippen LogP contribution in [-0.4, -0.2) is 27.1 Å². The van der Waals surface area contributed by atoms with E-state index in [1.807, 2.05) is 6.92 Å². The van der Waals surface area contributed by atoms with Gasteiger partial charge in [-0.25, -0.2) is 14.6 Å². The highest BCUT2D eigenvalue weighted by molar-refractivity contribution is 5.98. The second kappa shape index (κ2) is 4.59. The third-order valence-electron chi connectivity index (χ3n) is 1.81. The smallest absolute Gasteiger partial charge is 0.374 e. The van der Waals surface area contributed by atoms with E-state index in [4.69, 9.17) is 14.6 Å². The molecule has 0 radical (unpaired) electrons. The molecule has 6 heteroatoms. The van der Waals surface area contributed by atoms with E-state index < -0.39 is 23.4 Å². The highest BCUT2D eigenvalue weighted by Crippen LogP contribution is 2.13. The van der Waals surface area contributed by atoms with Crippen LogP contribution < -0.4 is 0 Å². The molecule has 1 aromatic heterocycles. The first kappa shape index (κ1) is 11.2. The number of hydrogen-bond donors (Lipinski definition) is 2. The van der Waals surface area contributed by atoms with Gasteiger partial charge in [-0.3, -0.25) is 0 Å². The van der Waals surface area contributed by atoms with Crippen molar-refractivity contribution in [3.8, 4) is 0 Å². The number of carboxylic acid groups (broad SMARTS) is 2. The number of nitrogens with zero attached hydrogens (tertiary/aromatic N) is 1. The van der Waals surface area contributed by atoms with Gasteiger partial charge in [0.25, 0.3) is 0 Å². The van der Waals surface area contributed by atoms with Gasteiger partial charge in [0, 0.05) is 6.42 Å². The van der Waals surface area contributed by atoms with Gasteiger partial charge in [-0.2, -0.15) is 0 Å². The minimum absolute atomic E-state index is 0.159. The van der Waals surface area contributed by atoms with Crippen LogP contribution in [0.25, 0.3) is 0 Å². The maximum Gasteiger partial charge on any atom is 0.374 e. The van der Waals surface area contributed by atoms with Crippen molar-refractivity contribution < 1.29 is 24.2 Å². The molecular weight excluding hydrogens is 202 g/mol. The van der Waals surface area contributed by atoms with Gasteiger partial charge in [-0.1, -0.05) is 13.3 Å². The molecule has 0 saturated heterocycles. The Morgan fingerprint density at radius 1 is 1.33 bits per heavy atom. The summed E-state index contributed by atoms with van der Waals surface area (Å²) in [6.45, 7) is 1.96. The summed E-state index contributed by atoms with van der Waals surface area (Å²) in [5.41, 5.74) is -0.534. The van der Waals surface area contributed by atoms with Gasteiger partial charge in [0.15, 0.2) is 5.89 Å². The molecule has 0 aliphatic rings. The molecule has 0 unspecified atom stereocenters. The topological polar surface area (TPSA) is 101 Å². The fourth-order valence-corrected chi connectivity index (χ4v) is 1.09. The van der Waals surface area contributed by atoms with Crippen LogP contribution in [0.2, 0.25) is 0 Å².